The van der Waals surface area contributed by atoms with Crippen LogP contribution in [0.1, 0.15) is 0 Å². The molecule has 0 aliphatic carbocycles. The third kappa shape index (κ3) is 355. The van der Waals surface area contributed by atoms with Crippen LogP contribution in [-0.2, 0) is 84.1 Å². The minimum absolute atomic E-state index is 0. The summed E-state index contributed by atoms with van der Waals surface area (Å²) in [6.07, 6.45) is 0. The predicted molar refractivity (Wildman–Crippen MR) is 32.6 cm³/mol. The van der Waals surface area contributed by atoms with Crippen molar-refractivity contribution in [3.05, 3.63) is 0 Å². The zero-order chi connectivity index (χ0) is 7.15. The second-order valence-corrected chi connectivity index (χ2v) is 3.79. The molecule has 0 saturated carbocycles. The molecule has 0 fully saturated rings. The summed E-state index contributed by atoms with van der Waals surface area (Å²) in [7, 11) is 0. The molecule has 0 rings (SSSR count). The summed E-state index contributed by atoms with van der Waals surface area (Å²) < 4.78 is 46.7. The summed E-state index contributed by atoms with van der Waals surface area (Å²) in [5, 5.41) is 0. The normalized spacial score (nSPS) is 3.47. The van der Waals surface area contributed by atoms with Gasteiger partial charge in [-0.25, -0.2) is 0 Å². The number of hydrogen-bond donors (Lipinski definition) is 4. The third-order valence-corrected chi connectivity index (χ3v) is 0. The maximum Gasteiger partial charge on any atom is 0 e. The van der Waals surface area contributed by atoms with E-state index < -0.39 is 41.1 Å². The molecule has 9 nitrogen and oxygen atoms in total. The van der Waals surface area contributed by atoms with Gasteiger partial charge in [0, 0.05) is 77.9 Å². The summed E-state index contributed by atoms with van der Waals surface area (Å²) >= 11 is -7.59. The standard InChI is InChI=1S/7H2O.2O.2Sn.4Zn/h7*1H2;;;;;;;;/q;;;;;;;;;2*+2;;;;/p-4. The molecule has 0 spiro atoms. The van der Waals surface area contributed by atoms with Crippen LogP contribution >= 0.6 is 0 Å². The topological polar surface area (TPSA) is 210 Å². The zero-order valence-electron chi connectivity index (χ0n) is 7.93. The van der Waals surface area contributed by atoms with Crippen LogP contribution in [0, 0.1) is 0 Å². The second-order valence-electron chi connectivity index (χ2n) is 0.565. The van der Waals surface area contributed by atoms with Gasteiger partial charge in [0.1, 0.15) is 0 Å². The maximum atomic E-state index is 8.84. The average Bonchev–Trinajstić information content (AvgIpc) is 1.25. The second kappa shape index (κ2) is 52.9. The van der Waals surface area contributed by atoms with E-state index in [1.54, 1.807) is 0 Å². The minimum atomic E-state index is -3.79. The molecule has 80 valence electrons. The van der Waals surface area contributed by atoms with Gasteiger partial charge in [-0.3, -0.25) is 0 Å². The molecular formula is H10O9Sn2Zn4. The van der Waals surface area contributed by atoms with E-state index in [4.69, 9.17) is 19.9 Å². The predicted octanol–water partition coefficient (Wildman–Crippen LogP) is -5.71. The van der Waals surface area contributed by atoms with Gasteiger partial charge in [0.05, 0.1) is 0 Å². The van der Waals surface area contributed by atoms with E-state index in [9.17, 15) is 0 Å². The SMILES string of the molecule is O.O.O.[O]=[Sn]([OH])[OH].[O]=[Sn]([OH])[OH].[Zn].[Zn].[Zn].[Zn]. The van der Waals surface area contributed by atoms with Crippen LogP contribution < -0.4 is 0 Å². The van der Waals surface area contributed by atoms with Gasteiger partial charge in [-0.15, -0.1) is 0 Å². The molecule has 0 aromatic rings. The Hall–Kier alpha value is 3.41. The Balaban J connectivity index is -0.00000000468. The number of rotatable bonds is 0. The Morgan fingerprint density at radius 3 is 0.533 bits per heavy atom. The van der Waals surface area contributed by atoms with Gasteiger partial charge in [0.15, 0.2) is 0 Å². The first-order valence-corrected chi connectivity index (χ1v) is 8.74. The fourth-order valence-corrected chi connectivity index (χ4v) is 0. The van der Waals surface area contributed by atoms with E-state index in [1.165, 1.54) is 0 Å². The molecular weight excluding hydrogens is 643 g/mol. The Labute approximate surface area is 153 Å². The van der Waals surface area contributed by atoms with Crippen molar-refractivity contribution in [2.24, 2.45) is 0 Å². The Morgan fingerprint density at radius 1 is 0.533 bits per heavy atom. The quantitative estimate of drug-likeness (QED) is 0.187. The molecule has 15 heavy (non-hydrogen) atoms. The van der Waals surface area contributed by atoms with Crippen LogP contribution in [0.5, 0.6) is 0 Å². The summed E-state index contributed by atoms with van der Waals surface area (Å²) in [5.74, 6) is 0. The Kier molecular flexibility index (Phi) is 222. The fourth-order valence-electron chi connectivity index (χ4n) is 0. The van der Waals surface area contributed by atoms with Crippen LogP contribution in [0.15, 0.2) is 0 Å². The van der Waals surface area contributed by atoms with Crippen molar-refractivity contribution in [2.75, 3.05) is 0 Å². The van der Waals surface area contributed by atoms with E-state index in [-0.39, 0.29) is 94.3 Å². The van der Waals surface area contributed by atoms with Gasteiger partial charge in [-0.2, -0.15) is 0 Å². The zero-order valence-corrected chi connectivity index (χ0v) is 25.5. The molecule has 0 bridgehead atoms. The first-order chi connectivity index (χ1) is 3.46. The van der Waals surface area contributed by atoms with Gasteiger partial charge < -0.3 is 16.4 Å². The Morgan fingerprint density at radius 2 is 0.533 bits per heavy atom. The van der Waals surface area contributed by atoms with Gasteiger partial charge in [-0.05, 0) is 0 Å². The fraction of sp³-hybridized carbons (Fsp3) is 0. The molecule has 0 radical (unpaired) electrons. The molecule has 0 aliphatic heterocycles. The van der Waals surface area contributed by atoms with Crippen molar-refractivity contribution in [3.63, 3.8) is 0 Å². The minimum Gasteiger partial charge on any atom is 0 e. The van der Waals surface area contributed by atoms with E-state index in [0.717, 1.165) is 0 Å². The molecule has 0 aromatic carbocycles. The average molecular weight is 653 g/mol. The van der Waals surface area contributed by atoms with Crippen molar-refractivity contribution in [1.82, 2.24) is 0 Å². The first kappa shape index (κ1) is 63.0. The Bertz CT molecular complexity index is 78.1. The van der Waals surface area contributed by atoms with Crippen LogP contribution in [0.4, 0.5) is 0 Å². The molecule has 10 N–H and O–H groups in total. The molecule has 0 aliphatic rings. The van der Waals surface area contributed by atoms with E-state index >= 15 is 0 Å². The summed E-state index contributed by atoms with van der Waals surface area (Å²) in [5.41, 5.74) is 0. The van der Waals surface area contributed by atoms with Crippen LogP contribution in [0.3, 0.4) is 0 Å². The number of hydrogen-bond acceptors (Lipinski definition) is 2. The summed E-state index contributed by atoms with van der Waals surface area (Å²) in [6.45, 7) is 0. The molecule has 0 aromatic heterocycles. The molecule has 0 atom stereocenters. The van der Waals surface area contributed by atoms with Crippen molar-refractivity contribution in [1.29, 1.82) is 0 Å². The summed E-state index contributed by atoms with van der Waals surface area (Å²) in [6, 6.07) is 0. The summed E-state index contributed by atoms with van der Waals surface area (Å²) in [4.78, 5) is 0. The van der Waals surface area contributed by atoms with Gasteiger partial charge >= 0.3 is 61.1 Å². The van der Waals surface area contributed by atoms with Crippen molar-refractivity contribution < 1.29 is 114 Å². The molecule has 0 saturated heterocycles. The molecule has 0 unspecified atom stereocenters. The largest absolute Gasteiger partial charge is 0 e. The monoisotopic (exact) mass is 650 g/mol. The first-order valence-electron chi connectivity index (χ1n) is 1.30. The van der Waals surface area contributed by atoms with Gasteiger partial charge in [-0.1, -0.05) is 0 Å². The van der Waals surface area contributed by atoms with Crippen molar-refractivity contribution >= 4 is 41.1 Å². The van der Waals surface area contributed by atoms with E-state index in [1.807, 2.05) is 0 Å². The van der Waals surface area contributed by atoms with Crippen molar-refractivity contribution in [2.45, 2.75) is 0 Å². The molecule has 0 heterocycles. The van der Waals surface area contributed by atoms with E-state index in [2.05, 4.69) is 0 Å². The van der Waals surface area contributed by atoms with Gasteiger partial charge in [0.25, 0.3) is 0 Å². The van der Waals surface area contributed by atoms with E-state index in [0.29, 0.717) is 0 Å². The molecule has 0 amide bonds. The third-order valence-electron chi connectivity index (χ3n) is 0. The van der Waals surface area contributed by atoms with Gasteiger partial charge in [0.2, 0.25) is 0 Å². The van der Waals surface area contributed by atoms with Crippen LogP contribution in [0.2, 0.25) is 0 Å². The molecule has 15 heteroatoms. The smallest absolute Gasteiger partial charge is 0 e. The van der Waals surface area contributed by atoms with Crippen molar-refractivity contribution in [3.8, 4) is 0 Å². The van der Waals surface area contributed by atoms with Crippen LogP contribution in [-0.4, -0.2) is 71.4 Å². The van der Waals surface area contributed by atoms with Crippen LogP contribution in [0.25, 0.3) is 0 Å². The maximum absolute atomic E-state index is 8.84.